The number of rotatable bonds is 5. The minimum Gasteiger partial charge on any atom is -0.445 e. The molecule has 0 bridgehead atoms. The second-order valence-electron chi connectivity index (χ2n) is 7.81. The van der Waals surface area contributed by atoms with Crippen molar-refractivity contribution in [1.82, 2.24) is 19.6 Å². The number of nitrogens with one attached hydrogen (secondary N) is 1. The summed E-state index contributed by atoms with van der Waals surface area (Å²) in [4.78, 5) is 18.7. The number of hydrogen-bond donors (Lipinski definition) is 1. The van der Waals surface area contributed by atoms with E-state index < -0.39 is 0 Å². The number of aryl methyl sites for hydroxylation is 1. The van der Waals surface area contributed by atoms with Gasteiger partial charge in [-0.05, 0) is 37.5 Å². The third kappa shape index (κ3) is 4.02. The molecule has 1 aliphatic heterocycles. The summed E-state index contributed by atoms with van der Waals surface area (Å²) in [5.41, 5.74) is 4.12. The molecule has 6 heteroatoms. The lowest BCUT2D eigenvalue weighted by molar-refractivity contribution is 0.102. The molecular weight excluding hydrogens is 352 g/mol. The fourth-order valence-electron chi connectivity index (χ4n) is 3.64. The average Bonchev–Trinajstić information content (AvgIpc) is 3.29. The van der Waals surface area contributed by atoms with Crippen molar-refractivity contribution in [2.24, 2.45) is 0 Å². The van der Waals surface area contributed by atoms with Crippen LogP contribution in [-0.4, -0.2) is 39.0 Å². The van der Waals surface area contributed by atoms with Gasteiger partial charge in [0.2, 0.25) is 0 Å². The van der Waals surface area contributed by atoms with Crippen molar-refractivity contribution in [3.05, 3.63) is 71.7 Å². The van der Waals surface area contributed by atoms with Gasteiger partial charge in [0, 0.05) is 31.4 Å². The van der Waals surface area contributed by atoms with Crippen LogP contribution >= 0.6 is 0 Å². The number of carbonyl (C=O) groups excluding carboxylic acids is 1. The van der Waals surface area contributed by atoms with Crippen molar-refractivity contribution in [3.8, 4) is 0 Å². The van der Waals surface area contributed by atoms with Gasteiger partial charge in [0.05, 0.1) is 11.9 Å². The number of hydrogen-bond acceptors (Lipinski definition) is 4. The first kappa shape index (κ1) is 18.5. The molecule has 0 aliphatic carbocycles. The number of nitrogens with zero attached hydrogens (tertiary/aromatic N) is 3. The Morgan fingerprint density at radius 2 is 2.07 bits per heavy atom. The van der Waals surface area contributed by atoms with E-state index in [4.69, 9.17) is 4.74 Å². The number of ether oxygens (including phenoxy) is 1. The molecule has 1 unspecified atom stereocenters. The van der Waals surface area contributed by atoms with Crippen LogP contribution < -0.4 is 5.32 Å². The summed E-state index contributed by atoms with van der Waals surface area (Å²) in [6, 6.07) is 13.9. The molecule has 1 saturated heterocycles. The van der Waals surface area contributed by atoms with Crippen LogP contribution in [0.5, 0.6) is 0 Å². The van der Waals surface area contributed by atoms with E-state index in [1.165, 1.54) is 5.56 Å². The second-order valence-corrected chi connectivity index (χ2v) is 7.81. The molecule has 1 aromatic carbocycles. The van der Waals surface area contributed by atoms with Gasteiger partial charge in [0.25, 0.3) is 0 Å². The smallest absolute Gasteiger partial charge is 0.410 e. The van der Waals surface area contributed by atoms with Crippen molar-refractivity contribution < 1.29 is 9.53 Å². The molecule has 1 amide bonds. The Balaban J connectivity index is 1.33. The fourth-order valence-corrected chi connectivity index (χ4v) is 3.64. The van der Waals surface area contributed by atoms with Crippen LogP contribution in [0.15, 0.2) is 54.9 Å². The Bertz CT molecular complexity index is 969. The van der Waals surface area contributed by atoms with Gasteiger partial charge in [0.1, 0.15) is 12.3 Å². The normalized spacial score (nSPS) is 19.3. The van der Waals surface area contributed by atoms with E-state index in [-0.39, 0.29) is 11.6 Å². The quantitative estimate of drug-likeness (QED) is 0.738. The van der Waals surface area contributed by atoms with Crippen molar-refractivity contribution in [3.63, 3.8) is 0 Å². The van der Waals surface area contributed by atoms with Crippen LogP contribution in [0.3, 0.4) is 0 Å². The van der Waals surface area contributed by atoms with Crippen LogP contribution in [0.25, 0.3) is 5.65 Å². The summed E-state index contributed by atoms with van der Waals surface area (Å²) < 4.78 is 7.59. The van der Waals surface area contributed by atoms with Gasteiger partial charge in [-0.1, -0.05) is 36.4 Å². The molecule has 6 nitrogen and oxygen atoms in total. The van der Waals surface area contributed by atoms with Gasteiger partial charge in [-0.15, -0.1) is 0 Å². The summed E-state index contributed by atoms with van der Waals surface area (Å²) in [5.74, 6) is 0. The Kier molecular flexibility index (Phi) is 5.05. The van der Waals surface area contributed by atoms with Crippen LogP contribution in [0.1, 0.15) is 30.2 Å². The minimum atomic E-state index is -0.250. The van der Waals surface area contributed by atoms with Crippen molar-refractivity contribution >= 4 is 11.7 Å². The zero-order valence-corrected chi connectivity index (χ0v) is 16.4. The molecule has 0 saturated carbocycles. The summed E-state index contributed by atoms with van der Waals surface area (Å²) in [7, 11) is 0. The molecule has 1 N–H and O–H groups in total. The number of imidazole rings is 1. The molecule has 3 heterocycles. The summed E-state index contributed by atoms with van der Waals surface area (Å²) in [6.07, 6.45) is 4.65. The van der Waals surface area contributed by atoms with Crippen LogP contribution in [0.4, 0.5) is 4.79 Å². The number of carbonyl (C=O) groups is 1. The Labute approximate surface area is 165 Å². The van der Waals surface area contributed by atoms with Crippen LogP contribution in [0, 0.1) is 6.92 Å². The fraction of sp³-hybridized carbons (Fsp3) is 0.364. The highest BCUT2D eigenvalue weighted by Crippen LogP contribution is 2.22. The van der Waals surface area contributed by atoms with Gasteiger partial charge < -0.3 is 19.4 Å². The van der Waals surface area contributed by atoms with Crippen LogP contribution in [-0.2, 0) is 17.9 Å². The van der Waals surface area contributed by atoms with Crippen LogP contribution in [0.2, 0.25) is 0 Å². The first-order chi connectivity index (χ1) is 13.5. The first-order valence-corrected chi connectivity index (χ1v) is 9.66. The number of benzene rings is 1. The van der Waals surface area contributed by atoms with E-state index in [9.17, 15) is 4.79 Å². The van der Waals surface area contributed by atoms with E-state index in [0.717, 1.165) is 23.3 Å². The maximum atomic E-state index is 12.4. The molecule has 1 aliphatic rings. The van der Waals surface area contributed by atoms with E-state index in [0.29, 0.717) is 26.2 Å². The van der Waals surface area contributed by atoms with Crippen molar-refractivity contribution in [2.45, 2.75) is 39.0 Å². The standard InChI is InChI=1S/C22H26N4O2/c1-17-8-9-20-23-12-19(26(20)14-17)13-24-22(2)10-11-25(16-22)21(27)28-15-18-6-4-3-5-7-18/h3-9,12,14,24H,10-11,13,15-16H2,1-2H3. The minimum absolute atomic E-state index is 0.139. The lowest BCUT2D eigenvalue weighted by Crippen LogP contribution is -2.45. The molecule has 4 rings (SSSR count). The molecule has 2 aromatic heterocycles. The van der Waals surface area contributed by atoms with E-state index in [2.05, 4.69) is 40.8 Å². The SMILES string of the molecule is Cc1ccc2ncc(CNC3(C)CCN(C(=O)OCc4ccccc4)C3)n2c1. The largest absolute Gasteiger partial charge is 0.445 e. The van der Waals surface area contributed by atoms with Gasteiger partial charge in [-0.3, -0.25) is 0 Å². The number of pyridine rings is 1. The number of likely N-dealkylation sites (tertiary alicyclic amines) is 1. The van der Waals surface area contributed by atoms with Gasteiger partial charge >= 0.3 is 6.09 Å². The molecule has 0 spiro atoms. The number of aromatic nitrogens is 2. The summed E-state index contributed by atoms with van der Waals surface area (Å²) in [5, 5.41) is 3.62. The van der Waals surface area contributed by atoms with Crippen molar-refractivity contribution in [1.29, 1.82) is 0 Å². The van der Waals surface area contributed by atoms with E-state index in [1.807, 2.05) is 42.6 Å². The molecular formula is C22H26N4O2. The van der Waals surface area contributed by atoms with Gasteiger partial charge in [-0.25, -0.2) is 9.78 Å². The summed E-state index contributed by atoms with van der Waals surface area (Å²) in [6.45, 7) is 6.58. The lowest BCUT2D eigenvalue weighted by Gasteiger charge is -2.26. The topological polar surface area (TPSA) is 58.9 Å². The van der Waals surface area contributed by atoms with E-state index >= 15 is 0 Å². The van der Waals surface area contributed by atoms with Gasteiger partial charge in [-0.2, -0.15) is 0 Å². The predicted octanol–water partition coefficient (Wildman–Crippen LogP) is 3.53. The molecule has 3 aromatic rings. The Hall–Kier alpha value is -2.86. The zero-order valence-electron chi connectivity index (χ0n) is 16.4. The Morgan fingerprint density at radius 3 is 2.89 bits per heavy atom. The average molecular weight is 378 g/mol. The molecule has 28 heavy (non-hydrogen) atoms. The lowest BCUT2D eigenvalue weighted by atomic mass is 10.0. The third-order valence-electron chi connectivity index (χ3n) is 5.36. The Morgan fingerprint density at radius 1 is 1.25 bits per heavy atom. The van der Waals surface area contributed by atoms with Crippen molar-refractivity contribution in [2.75, 3.05) is 13.1 Å². The van der Waals surface area contributed by atoms with Gasteiger partial charge in [0.15, 0.2) is 0 Å². The predicted molar refractivity (Wildman–Crippen MR) is 108 cm³/mol. The third-order valence-corrected chi connectivity index (χ3v) is 5.36. The highest BCUT2D eigenvalue weighted by atomic mass is 16.6. The zero-order chi connectivity index (χ0) is 19.6. The number of amides is 1. The molecule has 1 atom stereocenters. The molecule has 0 radical (unpaired) electrons. The van der Waals surface area contributed by atoms with E-state index in [1.54, 1.807) is 4.90 Å². The molecule has 1 fully saturated rings. The first-order valence-electron chi connectivity index (χ1n) is 9.66. The second kappa shape index (κ2) is 7.64. The maximum Gasteiger partial charge on any atom is 0.410 e. The monoisotopic (exact) mass is 378 g/mol. The highest BCUT2D eigenvalue weighted by molar-refractivity contribution is 5.68. The number of fused-ring (bicyclic) bond motifs is 1. The maximum absolute atomic E-state index is 12.4. The highest BCUT2D eigenvalue weighted by Gasteiger charge is 2.36. The molecule has 146 valence electrons. The summed E-state index contributed by atoms with van der Waals surface area (Å²) >= 11 is 0.